The van der Waals surface area contributed by atoms with E-state index in [-0.39, 0.29) is 24.0 Å². The van der Waals surface area contributed by atoms with E-state index in [0.717, 1.165) is 10.2 Å². The zero-order valence-corrected chi connectivity index (χ0v) is 12.7. The van der Waals surface area contributed by atoms with Crippen molar-refractivity contribution in [2.75, 3.05) is 36.5 Å². The SMILES string of the molecule is O=C(CN1CCS(=O)(=O)CC1)Nc1ccccc1Br. The van der Waals surface area contributed by atoms with Crippen LogP contribution in [0.15, 0.2) is 28.7 Å². The van der Waals surface area contributed by atoms with E-state index >= 15 is 0 Å². The Morgan fingerprint density at radius 2 is 1.89 bits per heavy atom. The molecule has 2 rings (SSSR count). The van der Waals surface area contributed by atoms with Crippen molar-refractivity contribution in [2.45, 2.75) is 0 Å². The molecule has 1 saturated heterocycles. The molecule has 0 bridgehead atoms. The second-order valence-electron chi connectivity index (χ2n) is 4.46. The van der Waals surface area contributed by atoms with Crippen LogP contribution in [-0.2, 0) is 14.6 Å². The lowest BCUT2D eigenvalue weighted by atomic mass is 10.3. The molecule has 1 heterocycles. The fraction of sp³-hybridized carbons (Fsp3) is 0.417. The first-order chi connectivity index (χ1) is 8.96. The molecule has 0 unspecified atom stereocenters. The van der Waals surface area contributed by atoms with E-state index in [9.17, 15) is 13.2 Å². The van der Waals surface area contributed by atoms with Crippen molar-refractivity contribution in [3.05, 3.63) is 28.7 Å². The van der Waals surface area contributed by atoms with Gasteiger partial charge in [0.2, 0.25) is 5.91 Å². The molecule has 7 heteroatoms. The third-order valence-electron chi connectivity index (χ3n) is 2.95. The lowest BCUT2D eigenvalue weighted by Crippen LogP contribution is -2.43. The van der Waals surface area contributed by atoms with Crippen LogP contribution in [0.3, 0.4) is 0 Å². The summed E-state index contributed by atoms with van der Waals surface area (Å²) in [4.78, 5) is 13.7. The zero-order valence-electron chi connectivity index (χ0n) is 10.3. The van der Waals surface area contributed by atoms with Crippen LogP contribution in [0.2, 0.25) is 0 Å². The Balaban J connectivity index is 1.87. The van der Waals surface area contributed by atoms with E-state index in [1.807, 2.05) is 29.2 Å². The lowest BCUT2D eigenvalue weighted by molar-refractivity contribution is -0.117. The molecule has 0 aromatic heterocycles. The molecule has 0 aliphatic carbocycles. The first kappa shape index (κ1) is 14.5. The second kappa shape index (κ2) is 6.02. The molecule has 1 aromatic rings. The highest BCUT2D eigenvalue weighted by molar-refractivity contribution is 9.10. The van der Waals surface area contributed by atoms with Gasteiger partial charge in [-0.25, -0.2) is 8.42 Å². The molecule has 1 aliphatic rings. The number of carbonyl (C=O) groups excluding carboxylic acids is 1. The Kier molecular flexibility index (Phi) is 4.59. The van der Waals surface area contributed by atoms with Crippen molar-refractivity contribution >= 4 is 37.4 Å². The van der Waals surface area contributed by atoms with E-state index < -0.39 is 9.84 Å². The summed E-state index contributed by atoms with van der Waals surface area (Å²) in [6.45, 7) is 1.06. The standard InChI is InChI=1S/C12H15BrN2O3S/c13-10-3-1-2-4-11(10)14-12(16)9-15-5-7-19(17,18)8-6-15/h1-4H,5-9H2,(H,14,16). The number of halogens is 1. The van der Waals surface area contributed by atoms with Crippen molar-refractivity contribution in [1.29, 1.82) is 0 Å². The molecule has 0 atom stereocenters. The molecule has 1 N–H and O–H groups in total. The largest absolute Gasteiger partial charge is 0.324 e. The number of hydrogen-bond acceptors (Lipinski definition) is 4. The van der Waals surface area contributed by atoms with Gasteiger partial charge in [0.25, 0.3) is 0 Å². The first-order valence-corrected chi connectivity index (χ1v) is 8.55. The molecule has 1 aromatic carbocycles. The summed E-state index contributed by atoms with van der Waals surface area (Å²) in [6.07, 6.45) is 0. The van der Waals surface area contributed by atoms with Gasteiger partial charge in [-0.2, -0.15) is 0 Å². The predicted octanol–water partition coefficient (Wildman–Crippen LogP) is 1.12. The van der Waals surface area contributed by atoms with Gasteiger partial charge in [-0.15, -0.1) is 0 Å². The van der Waals surface area contributed by atoms with Gasteiger partial charge in [0.1, 0.15) is 0 Å². The van der Waals surface area contributed by atoms with E-state index in [0.29, 0.717) is 13.1 Å². The minimum Gasteiger partial charge on any atom is -0.324 e. The molecule has 19 heavy (non-hydrogen) atoms. The number of rotatable bonds is 3. The summed E-state index contributed by atoms with van der Waals surface area (Å²) in [5.41, 5.74) is 0.720. The Morgan fingerprint density at radius 1 is 1.26 bits per heavy atom. The van der Waals surface area contributed by atoms with Crippen LogP contribution in [0.5, 0.6) is 0 Å². The number of carbonyl (C=O) groups is 1. The average molecular weight is 347 g/mol. The third-order valence-corrected chi connectivity index (χ3v) is 5.25. The summed E-state index contributed by atoms with van der Waals surface area (Å²) in [5.74, 6) is 0.135. The second-order valence-corrected chi connectivity index (χ2v) is 7.61. The summed E-state index contributed by atoms with van der Waals surface area (Å²) in [5, 5.41) is 2.80. The van der Waals surface area contributed by atoms with Gasteiger partial charge in [0, 0.05) is 17.6 Å². The molecule has 1 fully saturated rings. The van der Waals surface area contributed by atoms with E-state index in [1.165, 1.54) is 0 Å². The summed E-state index contributed by atoms with van der Waals surface area (Å²) in [6, 6.07) is 7.37. The molecular weight excluding hydrogens is 332 g/mol. The minimum atomic E-state index is -2.90. The van der Waals surface area contributed by atoms with Crippen LogP contribution >= 0.6 is 15.9 Å². The Bertz CT molecular complexity index is 560. The zero-order chi connectivity index (χ0) is 13.9. The normalized spacial score (nSPS) is 19.0. The van der Waals surface area contributed by atoms with E-state index in [1.54, 1.807) is 0 Å². The fourth-order valence-corrected chi connectivity index (χ4v) is 3.52. The third kappa shape index (κ3) is 4.29. The molecule has 0 radical (unpaired) electrons. The fourth-order valence-electron chi connectivity index (χ4n) is 1.86. The maximum Gasteiger partial charge on any atom is 0.238 e. The maximum absolute atomic E-state index is 11.9. The smallest absolute Gasteiger partial charge is 0.238 e. The van der Waals surface area contributed by atoms with Gasteiger partial charge in [0.15, 0.2) is 9.84 Å². The van der Waals surface area contributed by atoms with E-state index in [2.05, 4.69) is 21.2 Å². The highest BCUT2D eigenvalue weighted by Crippen LogP contribution is 2.21. The number of sulfone groups is 1. The minimum absolute atomic E-state index is 0.133. The Morgan fingerprint density at radius 3 is 2.53 bits per heavy atom. The van der Waals surface area contributed by atoms with Gasteiger partial charge in [-0.3, -0.25) is 9.69 Å². The highest BCUT2D eigenvalue weighted by Gasteiger charge is 2.22. The Hall–Kier alpha value is -0.920. The van der Waals surface area contributed by atoms with Crippen LogP contribution in [0.4, 0.5) is 5.69 Å². The van der Waals surface area contributed by atoms with Crippen LogP contribution in [-0.4, -0.2) is 50.4 Å². The van der Waals surface area contributed by atoms with Gasteiger partial charge in [-0.05, 0) is 28.1 Å². The number of benzene rings is 1. The molecule has 1 aliphatic heterocycles. The van der Waals surface area contributed by atoms with Crippen LogP contribution in [0.1, 0.15) is 0 Å². The molecule has 0 saturated carbocycles. The maximum atomic E-state index is 11.9. The van der Waals surface area contributed by atoms with Crippen molar-refractivity contribution in [2.24, 2.45) is 0 Å². The predicted molar refractivity (Wildman–Crippen MR) is 77.9 cm³/mol. The van der Waals surface area contributed by atoms with Crippen molar-refractivity contribution in [3.63, 3.8) is 0 Å². The highest BCUT2D eigenvalue weighted by atomic mass is 79.9. The summed E-state index contributed by atoms with van der Waals surface area (Å²) < 4.78 is 23.4. The first-order valence-electron chi connectivity index (χ1n) is 5.93. The lowest BCUT2D eigenvalue weighted by Gasteiger charge is -2.25. The topological polar surface area (TPSA) is 66.5 Å². The number of amides is 1. The Labute approximate surface area is 121 Å². The van der Waals surface area contributed by atoms with E-state index in [4.69, 9.17) is 0 Å². The van der Waals surface area contributed by atoms with Crippen LogP contribution in [0.25, 0.3) is 0 Å². The molecule has 104 valence electrons. The van der Waals surface area contributed by atoms with Crippen LogP contribution in [0, 0.1) is 0 Å². The number of hydrogen-bond donors (Lipinski definition) is 1. The summed E-state index contributed by atoms with van der Waals surface area (Å²) in [7, 11) is -2.90. The number of anilines is 1. The van der Waals surface area contributed by atoms with Crippen molar-refractivity contribution in [3.8, 4) is 0 Å². The number of nitrogens with zero attached hydrogens (tertiary/aromatic N) is 1. The molecule has 5 nitrogen and oxygen atoms in total. The van der Waals surface area contributed by atoms with Gasteiger partial charge >= 0.3 is 0 Å². The van der Waals surface area contributed by atoms with Crippen molar-refractivity contribution < 1.29 is 13.2 Å². The molecular formula is C12H15BrN2O3S. The monoisotopic (exact) mass is 346 g/mol. The van der Waals surface area contributed by atoms with Crippen molar-refractivity contribution in [1.82, 2.24) is 4.90 Å². The number of para-hydroxylation sites is 1. The molecule has 0 spiro atoms. The van der Waals surface area contributed by atoms with Gasteiger partial charge in [-0.1, -0.05) is 12.1 Å². The number of nitrogens with one attached hydrogen (secondary N) is 1. The van der Waals surface area contributed by atoms with Crippen LogP contribution < -0.4 is 5.32 Å². The quantitative estimate of drug-likeness (QED) is 0.890. The van der Waals surface area contributed by atoms with Gasteiger partial charge < -0.3 is 5.32 Å². The molecule has 1 amide bonds. The summed E-state index contributed by atoms with van der Waals surface area (Å²) >= 11 is 3.36. The average Bonchev–Trinajstić information content (AvgIpc) is 2.35. The van der Waals surface area contributed by atoms with Gasteiger partial charge in [0.05, 0.1) is 23.7 Å².